The Morgan fingerprint density at radius 2 is 1.48 bits per heavy atom. The van der Waals surface area contributed by atoms with Gasteiger partial charge in [0, 0.05) is 0 Å². The fraction of sp³-hybridized carbons (Fsp3) is 0.879. The number of hydrogen-bond donors (Lipinski definition) is 0. The van der Waals surface area contributed by atoms with Crippen molar-refractivity contribution >= 4 is 0 Å². The molecule has 0 aliphatic heterocycles. The van der Waals surface area contributed by atoms with Crippen molar-refractivity contribution in [2.24, 2.45) is 45.8 Å². The Balaban J connectivity index is 0.00000149. The van der Waals surface area contributed by atoms with E-state index in [1.807, 2.05) is 19.4 Å². The predicted octanol–water partition coefficient (Wildman–Crippen LogP) is 10.8. The molecule has 0 aromatic heterocycles. The summed E-state index contributed by atoms with van der Waals surface area (Å²) < 4.78 is 0. The van der Waals surface area contributed by atoms with Gasteiger partial charge in [0.2, 0.25) is 0 Å². The van der Waals surface area contributed by atoms with Crippen LogP contribution in [0.1, 0.15) is 140 Å². The largest absolute Gasteiger partial charge is 0.0856 e. The zero-order valence-corrected chi connectivity index (χ0v) is 24.2. The van der Waals surface area contributed by atoms with Gasteiger partial charge >= 0.3 is 0 Å². The molecule has 0 N–H and O–H groups in total. The van der Waals surface area contributed by atoms with E-state index in [1.165, 1.54) is 76.2 Å². The Bertz CT molecular complexity index is 731. The lowest BCUT2D eigenvalue weighted by Gasteiger charge is -2.66. The summed E-state index contributed by atoms with van der Waals surface area (Å²) in [5.41, 5.74) is 6.82. The van der Waals surface area contributed by atoms with Gasteiger partial charge in [-0.15, -0.1) is 0 Å². The van der Waals surface area contributed by atoms with Crippen LogP contribution in [-0.2, 0) is 0 Å². The molecule has 0 heterocycles. The van der Waals surface area contributed by atoms with E-state index in [9.17, 15) is 0 Å². The lowest BCUT2D eigenvalue weighted by molar-refractivity contribution is -0.165. The van der Waals surface area contributed by atoms with Gasteiger partial charge in [0.15, 0.2) is 0 Å². The first-order valence-electron chi connectivity index (χ1n) is 14.9. The Labute approximate surface area is 208 Å². The average molecular weight is 455 g/mol. The van der Waals surface area contributed by atoms with Crippen molar-refractivity contribution in [1.29, 1.82) is 0 Å². The second kappa shape index (κ2) is 10.2. The quantitative estimate of drug-likeness (QED) is 0.370. The van der Waals surface area contributed by atoms with E-state index in [0.29, 0.717) is 16.2 Å². The molecular formula is C33H58. The van der Waals surface area contributed by atoms with Crippen LogP contribution in [0.4, 0.5) is 0 Å². The van der Waals surface area contributed by atoms with E-state index in [-0.39, 0.29) is 0 Å². The highest BCUT2D eigenvalue weighted by molar-refractivity contribution is 5.27. The van der Waals surface area contributed by atoms with E-state index in [1.54, 1.807) is 5.57 Å². The highest BCUT2D eigenvalue weighted by Crippen LogP contribution is 2.71. The Hall–Kier alpha value is -0.520. The molecule has 0 amide bonds. The lowest BCUT2D eigenvalue weighted by Crippen LogP contribution is -2.58. The van der Waals surface area contributed by atoms with Gasteiger partial charge in [-0.2, -0.15) is 0 Å². The lowest BCUT2D eigenvalue weighted by atomic mass is 9.39. The van der Waals surface area contributed by atoms with E-state index < -0.39 is 0 Å². The molecule has 4 unspecified atom stereocenters. The molecule has 0 bridgehead atoms. The van der Waals surface area contributed by atoms with Crippen molar-refractivity contribution in [3.8, 4) is 0 Å². The third-order valence-corrected chi connectivity index (χ3v) is 11.8. The predicted molar refractivity (Wildman–Crippen MR) is 147 cm³/mol. The van der Waals surface area contributed by atoms with Gasteiger partial charge < -0.3 is 0 Å². The molecule has 0 nitrogen and oxygen atoms in total. The van der Waals surface area contributed by atoms with Crippen molar-refractivity contribution in [1.82, 2.24) is 0 Å². The number of hydrogen-bond acceptors (Lipinski definition) is 0. The first-order valence-corrected chi connectivity index (χ1v) is 14.9. The topological polar surface area (TPSA) is 0 Å². The normalized spacial score (nSPS) is 42.8. The summed E-state index contributed by atoms with van der Waals surface area (Å²) in [5.74, 6) is 4.74. The smallest absolute Gasteiger partial charge is 0.0144 e. The summed E-state index contributed by atoms with van der Waals surface area (Å²) in [6.07, 6.45) is 18.2. The van der Waals surface area contributed by atoms with Crippen LogP contribution in [0, 0.1) is 45.8 Å². The molecule has 4 rings (SSSR count). The molecule has 4 aliphatic carbocycles. The highest BCUT2D eigenvalue weighted by atomic mass is 14.7. The molecular weight excluding hydrogens is 396 g/mol. The third kappa shape index (κ3) is 4.56. The van der Waals surface area contributed by atoms with Gasteiger partial charge in [-0.25, -0.2) is 0 Å². The van der Waals surface area contributed by atoms with Crippen molar-refractivity contribution in [3.05, 3.63) is 22.8 Å². The summed E-state index contributed by atoms with van der Waals surface area (Å²) in [6.45, 7) is 24.2. The van der Waals surface area contributed by atoms with Gasteiger partial charge in [-0.3, -0.25) is 0 Å². The average Bonchev–Trinajstić information content (AvgIpc) is 3.12. The SMILES string of the molecule is CC.CCC1CC[C@@]2(C)C(CCC3[C@H]2CCC2/C(=C(/C)CCC=C(C)C)CC[C@@]23C)C1(C)C. The maximum atomic E-state index is 2.75. The van der Waals surface area contributed by atoms with Crippen LogP contribution in [0.2, 0.25) is 0 Å². The molecule has 0 aromatic carbocycles. The molecule has 0 aromatic rings. The van der Waals surface area contributed by atoms with E-state index in [4.69, 9.17) is 0 Å². The zero-order chi connectivity index (χ0) is 24.6. The van der Waals surface area contributed by atoms with Crippen LogP contribution in [-0.4, -0.2) is 0 Å². The van der Waals surface area contributed by atoms with Crippen molar-refractivity contribution in [2.75, 3.05) is 0 Å². The van der Waals surface area contributed by atoms with Gasteiger partial charge in [0.05, 0.1) is 0 Å². The number of fused-ring (bicyclic) bond motifs is 5. The second-order valence-corrected chi connectivity index (χ2v) is 13.6. The standard InChI is InChI=1S/C31H52.C2H6/c1-9-23-17-19-31(8)27-14-13-25-24(22(4)12-10-11-21(2)3)18-20-30(25,7)26(27)15-16-28(31)29(23,5)6;1-2/h11,23,25-28H,9-10,12-20H2,1-8H3;1-2H3/b24-22-;/t23?,25?,26?,27-,28?,30+,31-;/m1./s1. The minimum Gasteiger partial charge on any atom is -0.0856 e. The first kappa shape index (κ1) is 27.1. The Morgan fingerprint density at radius 3 is 2.12 bits per heavy atom. The number of rotatable bonds is 4. The van der Waals surface area contributed by atoms with Crippen LogP contribution < -0.4 is 0 Å². The molecule has 4 aliphatic rings. The minimum atomic E-state index is 0.534. The van der Waals surface area contributed by atoms with Crippen LogP contribution in [0.5, 0.6) is 0 Å². The van der Waals surface area contributed by atoms with Crippen molar-refractivity contribution in [2.45, 2.75) is 140 Å². The van der Waals surface area contributed by atoms with Gasteiger partial charge in [-0.1, -0.05) is 77.7 Å². The summed E-state index contributed by atoms with van der Waals surface area (Å²) in [6, 6.07) is 0. The fourth-order valence-corrected chi connectivity index (χ4v) is 10.1. The van der Waals surface area contributed by atoms with Gasteiger partial charge in [-0.05, 0) is 131 Å². The molecule has 0 heteroatoms. The number of allylic oxidation sites excluding steroid dienone is 4. The van der Waals surface area contributed by atoms with Gasteiger partial charge in [0.25, 0.3) is 0 Å². The molecule has 190 valence electrons. The maximum Gasteiger partial charge on any atom is -0.0144 e. The van der Waals surface area contributed by atoms with Crippen molar-refractivity contribution < 1.29 is 0 Å². The van der Waals surface area contributed by atoms with Crippen LogP contribution in [0.15, 0.2) is 22.8 Å². The van der Waals surface area contributed by atoms with Crippen LogP contribution in [0.3, 0.4) is 0 Å². The highest BCUT2D eigenvalue weighted by Gasteiger charge is 2.62. The van der Waals surface area contributed by atoms with Crippen LogP contribution in [0.25, 0.3) is 0 Å². The molecule has 0 radical (unpaired) electrons. The Morgan fingerprint density at radius 1 is 0.848 bits per heavy atom. The van der Waals surface area contributed by atoms with Crippen molar-refractivity contribution in [3.63, 3.8) is 0 Å². The minimum absolute atomic E-state index is 0.534. The third-order valence-electron chi connectivity index (χ3n) is 11.8. The maximum absolute atomic E-state index is 2.75. The van der Waals surface area contributed by atoms with E-state index in [2.05, 4.69) is 61.5 Å². The Kier molecular flexibility index (Phi) is 8.39. The monoisotopic (exact) mass is 454 g/mol. The summed E-state index contributed by atoms with van der Waals surface area (Å²) in [4.78, 5) is 0. The fourth-order valence-electron chi connectivity index (χ4n) is 10.1. The van der Waals surface area contributed by atoms with Gasteiger partial charge in [0.1, 0.15) is 0 Å². The summed E-state index contributed by atoms with van der Waals surface area (Å²) in [5, 5.41) is 0. The van der Waals surface area contributed by atoms with E-state index in [0.717, 1.165) is 29.6 Å². The van der Waals surface area contributed by atoms with Crippen LogP contribution >= 0.6 is 0 Å². The molecule has 0 saturated heterocycles. The molecule has 7 atom stereocenters. The summed E-state index contributed by atoms with van der Waals surface area (Å²) in [7, 11) is 0. The zero-order valence-electron chi connectivity index (χ0n) is 24.2. The summed E-state index contributed by atoms with van der Waals surface area (Å²) >= 11 is 0. The molecule has 33 heavy (non-hydrogen) atoms. The second-order valence-electron chi connectivity index (χ2n) is 13.6. The molecule has 0 spiro atoms. The van der Waals surface area contributed by atoms with E-state index >= 15 is 0 Å². The molecule has 4 saturated carbocycles. The molecule has 4 fully saturated rings. The first-order chi connectivity index (χ1) is 15.6.